The van der Waals surface area contributed by atoms with Gasteiger partial charge in [0.05, 0.1) is 0 Å². The Morgan fingerprint density at radius 1 is 0.810 bits per heavy atom. The van der Waals surface area contributed by atoms with Gasteiger partial charge in [0, 0.05) is 0 Å². The maximum atomic E-state index is 2.35. The van der Waals surface area contributed by atoms with Crippen LogP contribution < -0.4 is 0 Å². The van der Waals surface area contributed by atoms with E-state index >= 15 is 0 Å². The molecule has 0 unspecified atom stereocenters. The molecule has 0 N–H and O–H groups in total. The smallest absolute Gasteiger partial charge is 0.00603 e. The summed E-state index contributed by atoms with van der Waals surface area (Å²) in [6, 6.07) is 20.0. The summed E-state index contributed by atoms with van der Waals surface area (Å²) in [5.74, 6) is 0. The summed E-state index contributed by atoms with van der Waals surface area (Å²) in [5, 5.41) is 2.61. The summed E-state index contributed by atoms with van der Waals surface area (Å²) in [5.41, 5.74) is 8.37. The number of benzene rings is 3. The fourth-order valence-corrected chi connectivity index (χ4v) is 3.38. The van der Waals surface area contributed by atoms with Crippen LogP contribution in [0.15, 0.2) is 60.2 Å². The van der Waals surface area contributed by atoms with Crippen LogP contribution in [0.1, 0.15) is 23.6 Å². The Morgan fingerprint density at radius 3 is 2.48 bits per heavy atom. The van der Waals surface area contributed by atoms with Gasteiger partial charge in [-0.25, -0.2) is 0 Å². The molecule has 0 spiro atoms. The predicted octanol–water partition coefficient (Wildman–Crippen LogP) is 5.77. The van der Waals surface area contributed by atoms with Crippen molar-refractivity contribution >= 4 is 16.8 Å². The van der Waals surface area contributed by atoms with Crippen molar-refractivity contribution in [2.24, 2.45) is 0 Å². The molecular weight excluding hydrogens is 252 g/mol. The van der Waals surface area contributed by atoms with Crippen LogP contribution in [0, 0.1) is 6.92 Å². The zero-order valence-electron chi connectivity index (χ0n) is 12.5. The van der Waals surface area contributed by atoms with Crippen LogP contribution in [0.2, 0.25) is 0 Å². The molecule has 4 rings (SSSR count). The molecule has 0 heteroatoms. The van der Waals surface area contributed by atoms with Crippen LogP contribution in [-0.2, 0) is 6.42 Å². The van der Waals surface area contributed by atoms with Crippen molar-refractivity contribution in [3.63, 3.8) is 0 Å². The largest absolute Gasteiger partial charge is 0.0683 e. The van der Waals surface area contributed by atoms with Crippen molar-refractivity contribution < 1.29 is 0 Å². The molecule has 0 amide bonds. The van der Waals surface area contributed by atoms with Crippen molar-refractivity contribution in [3.05, 3.63) is 76.9 Å². The van der Waals surface area contributed by atoms with E-state index in [2.05, 4.69) is 74.5 Å². The molecular formula is C21H18. The Morgan fingerprint density at radius 2 is 1.62 bits per heavy atom. The highest BCUT2D eigenvalue weighted by atomic mass is 14.2. The Bertz CT molecular complexity index is 882. The van der Waals surface area contributed by atoms with Gasteiger partial charge in [-0.05, 0) is 59.4 Å². The number of fused-ring (bicyclic) bond motifs is 2. The first-order chi connectivity index (χ1) is 10.2. The summed E-state index contributed by atoms with van der Waals surface area (Å²) in [4.78, 5) is 0. The Balaban J connectivity index is 1.96. The summed E-state index contributed by atoms with van der Waals surface area (Å²) < 4.78 is 0. The molecule has 1 aliphatic carbocycles. The van der Waals surface area contributed by atoms with Gasteiger partial charge in [0.1, 0.15) is 0 Å². The van der Waals surface area contributed by atoms with E-state index in [1.165, 1.54) is 44.2 Å². The molecule has 0 fully saturated rings. The van der Waals surface area contributed by atoms with Crippen molar-refractivity contribution in [2.75, 3.05) is 0 Å². The van der Waals surface area contributed by atoms with Gasteiger partial charge in [0.15, 0.2) is 0 Å². The van der Waals surface area contributed by atoms with Gasteiger partial charge in [-0.3, -0.25) is 0 Å². The number of rotatable bonds is 1. The molecule has 0 aromatic heterocycles. The van der Waals surface area contributed by atoms with E-state index in [0.29, 0.717) is 0 Å². The van der Waals surface area contributed by atoms with Gasteiger partial charge < -0.3 is 0 Å². The monoisotopic (exact) mass is 270 g/mol. The third-order valence-corrected chi connectivity index (χ3v) is 4.33. The first-order valence-corrected chi connectivity index (χ1v) is 7.50. The maximum Gasteiger partial charge on any atom is -0.00603 e. The number of allylic oxidation sites excluding steroid dienone is 1. The first kappa shape index (κ1) is 12.4. The van der Waals surface area contributed by atoms with Crippen LogP contribution in [-0.4, -0.2) is 0 Å². The molecule has 0 atom stereocenters. The highest BCUT2D eigenvalue weighted by Crippen LogP contribution is 2.36. The average Bonchev–Trinajstić information content (AvgIpc) is 2.86. The molecule has 0 saturated heterocycles. The molecule has 3 aromatic carbocycles. The summed E-state index contributed by atoms with van der Waals surface area (Å²) in [6.07, 6.45) is 3.44. The van der Waals surface area contributed by atoms with Crippen LogP contribution in [0.4, 0.5) is 0 Å². The average molecular weight is 270 g/mol. The lowest BCUT2D eigenvalue weighted by atomic mass is 9.93. The number of hydrogen-bond donors (Lipinski definition) is 0. The highest BCUT2D eigenvalue weighted by molar-refractivity contribution is 5.90. The molecule has 1 aliphatic rings. The molecule has 0 heterocycles. The lowest BCUT2D eigenvalue weighted by Gasteiger charge is -2.11. The van der Waals surface area contributed by atoms with Gasteiger partial charge in [-0.15, -0.1) is 0 Å². The molecule has 3 aromatic rings. The topological polar surface area (TPSA) is 0 Å². The third-order valence-electron chi connectivity index (χ3n) is 4.33. The predicted molar refractivity (Wildman–Crippen MR) is 91.5 cm³/mol. The minimum atomic E-state index is 1.09. The summed E-state index contributed by atoms with van der Waals surface area (Å²) >= 11 is 0. The lowest BCUT2D eigenvalue weighted by molar-refractivity contribution is 1.19. The second kappa shape index (κ2) is 4.60. The number of aryl methyl sites for hydroxylation is 1. The van der Waals surface area contributed by atoms with E-state index in [0.717, 1.165) is 6.42 Å². The van der Waals surface area contributed by atoms with E-state index in [-0.39, 0.29) is 0 Å². The Kier molecular flexibility index (Phi) is 2.71. The van der Waals surface area contributed by atoms with E-state index in [1.807, 2.05) is 0 Å². The molecule has 21 heavy (non-hydrogen) atoms. The minimum absolute atomic E-state index is 1.09. The van der Waals surface area contributed by atoms with Crippen LogP contribution >= 0.6 is 0 Å². The SMILES string of the molecule is CC1=Cc2c(cc(C)cc2-c2ccc3ccccc3c2)C1. The second-order valence-electron chi connectivity index (χ2n) is 6.11. The van der Waals surface area contributed by atoms with Gasteiger partial charge in [0.2, 0.25) is 0 Å². The van der Waals surface area contributed by atoms with Gasteiger partial charge in [-0.1, -0.05) is 65.7 Å². The first-order valence-electron chi connectivity index (χ1n) is 7.50. The van der Waals surface area contributed by atoms with Crippen molar-refractivity contribution in [2.45, 2.75) is 20.3 Å². The molecule has 0 bridgehead atoms. The zero-order valence-corrected chi connectivity index (χ0v) is 12.5. The molecule has 0 saturated carbocycles. The molecule has 0 nitrogen and oxygen atoms in total. The summed E-state index contributed by atoms with van der Waals surface area (Å²) in [7, 11) is 0. The van der Waals surface area contributed by atoms with E-state index in [1.54, 1.807) is 0 Å². The maximum absolute atomic E-state index is 2.35. The molecule has 0 radical (unpaired) electrons. The van der Waals surface area contributed by atoms with Crippen molar-refractivity contribution in [3.8, 4) is 11.1 Å². The van der Waals surface area contributed by atoms with Gasteiger partial charge in [0.25, 0.3) is 0 Å². The minimum Gasteiger partial charge on any atom is -0.0683 e. The lowest BCUT2D eigenvalue weighted by Crippen LogP contribution is -1.90. The highest BCUT2D eigenvalue weighted by Gasteiger charge is 2.15. The van der Waals surface area contributed by atoms with Gasteiger partial charge >= 0.3 is 0 Å². The van der Waals surface area contributed by atoms with Crippen LogP contribution in [0.5, 0.6) is 0 Å². The zero-order chi connectivity index (χ0) is 14.4. The fraction of sp³-hybridized carbons (Fsp3) is 0.143. The quantitative estimate of drug-likeness (QED) is 0.526. The van der Waals surface area contributed by atoms with E-state index < -0.39 is 0 Å². The number of hydrogen-bond acceptors (Lipinski definition) is 0. The second-order valence-corrected chi connectivity index (χ2v) is 6.11. The standard InChI is InChI=1S/C21H18/c1-14-9-19-10-15(2)12-21(19)20(11-14)18-8-7-16-5-3-4-6-17(16)13-18/h3-9,11-13H,10H2,1-2H3. The van der Waals surface area contributed by atoms with Gasteiger partial charge in [-0.2, -0.15) is 0 Å². The fourth-order valence-electron chi connectivity index (χ4n) is 3.38. The normalized spacial score (nSPS) is 13.3. The van der Waals surface area contributed by atoms with E-state index in [9.17, 15) is 0 Å². The Labute approximate surface area is 125 Å². The van der Waals surface area contributed by atoms with Crippen molar-refractivity contribution in [1.82, 2.24) is 0 Å². The Hall–Kier alpha value is -2.34. The summed E-state index contributed by atoms with van der Waals surface area (Å²) in [6.45, 7) is 4.41. The van der Waals surface area contributed by atoms with Crippen molar-refractivity contribution in [1.29, 1.82) is 0 Å². The molecule has 0 aliphatic heterocycles. The van der Waals surface area contributed by atoms with E-state index in [4.69, 9.17) is 0 Å². The van der Waals surface area contributed by atoms with Crippen LogP contribution in [0.3, 0.4) is 0 Å². The molecule has 102 valence electrons. The van der Waals surface area contributed by atoms with Crippen LogP contribution in [0.25, 0.3) is 28.0 Å². The third kappa shape index (κ3) is 2.08.